The number of aryl methyl sites for hydroxylation is 1. The second-order valence-corrected chi connectivity index (χ2v) is 6.39. The average Bonchev–Trinajstić information content (AvgIpc) is 2.59. The Bertz CT molecular complexity index is 775. The van der Waals surface area contributed by atoms with Crippen LogP contribution in [0.3, 0.4) is 0 Å². The molecule has 122 valence electrons. The molecule has 23 heavy (non-hydrogen) atoms. The molecule has 2 aromatic rings. The quantitative estimate of drug-likeness (QED) is 0.875. The Labute approximate surface area is 135 Å². The van der Waals surface area contributed by atoms with Crippen LogP contribution in [0.4, 0.5) is 0 Å². The minimum Gasteiger partial charge on any atom is -0.341 e. The van der Waals surface area contributed by atoms with Crippen molar-refractivity contribution in [3.05, 3.63) is 40.3 Å². The van der Waals surface area contributed by atoms with Crippen molar-refractivity contribution in [2.24, 2.45) is 0 Å². The molecule has 0 atom stereocenters. The van der Waals surface area contributed by atoms with Gasteiger partial charge >= 0.3 is 0 Å². The van der Waals surface area contributed by atoms with E-state index >= 15 is 0 Å². The van der Waals surface area contributed by atoms with Crippen molar-refractivity contribution in [3.8, 4) is 0 Å². The SMILES string of the molecule is Cc1nn(CC(=O)N(C)C2CCCCC2)c(=O)c2ccccc12. The number of hydrogen-bond donors (Lipinski definition) is 0. The molecule has 0 bridgehead atoms. The molecule has 1 saturated carbocycles. The monoisotopic (exact) mass is 313 g/mol. The number of carbonyl (C=O) groups excluding carboxylic acids is 1. The largest absolute Gasteiger partial charge is 0.341 e. The van der Waals surface area contributed by atoms with Gasteiger partial charge in [0.15, 0.2) is 0 Å². The van der Waals surface area contributed by atoms with Crippen molar-refractivity contribution in [1.29, 1.82) is 0 Å². The number of aromatic nitrogens is 2. The summed E-state index contributed by atoms with van der Waals surface area (Å²) in [4.78, 5) is 26.9. The van der Waals surface area contributed by atoms with Gasteiger partial charge in [0.25, 0.3) is 5.56 Å². The lowest BCUT2D eigenvalue weighted by atomic mass is 9.94. The molecule has 0 unspecified atom stereocenters. The predicted molar refractivity (Wildman–Crippen MR) is 90.4 cm³/mol. The van der Waals surface area contributed by atoms with Gasteiger partial charge in [0, 0.05) is 18.5 Å². The van der Waals surface area contributed by atoms with Gasteiger partial charge in [-0.1, -0.05) is 37.5 Å². The molecule has 0 saturated heterocycles. The van der Waals surface area contributed by atoms with Crippen molar-refractivity contribution < 1.29 is 4.79 Å². The van der Waals surface area contributed by atoms with Crippen molar-refractivity contribution in [3.63, 3.8) is 0 Å². The molecule has 1 aliphatic carbocycles. The maximum atomic E-state index is 12.5. The van der Waals surface area contributed by atoms with Crippen molar-refractivity contribution in [2.45, 2.75) is 51.6 Å². The van der Waals surface area contributed by atoms with Crippen molar-refractivity contribution in [2.75, 3.05) is 7.05 Å². The number of benzene rings is 1. The Morgan fingerprint density at radius 3 is 2.57 bits per heavy atom. The molecule has 5 nitrogen and oxygen atoms in total. The van der Waals surface area contributed by atoms with E-state index in [0.717, 1.165) is 23.9 Å². The Kier molecular flexibility index (Phi) is 4.46. The molecule has 1 aliphatic rings. The molecule has 1 fully saturated rings. The van der Waals surface area contributed by atoms with Crippen molar-refractivity contribution in [1.82, 2.24) is 14.7 Å². The minimum absolute atomic E-state index is 0.0114. The van der Waals surface area contributed by atoms with Gasteiger partial charge in [-0.15, -0.1) is 0 Å². The van der Waals surface area contributed by atoms with Crippen LogP contribution in [-0.4, -0.2) is 33.7 Å². The van der Waals surface area contributed by atoms with E-state index in [4.69, 9.17) is 0 Å². The second kappa shape index (κ2) is 6.52. The van der Waals surface area contributed by atoms with Crippen LogP contribution < -0.4 is 5.56 Å². The van der Waals surface area contributed by atoms with Gasteiger partial charge in [-0.3, -0.25) is 9.59 Å². The first-order valence-corrected chi connectivity index (χ1v) is 8.30. The third kappa shape index (κ3) is 3.14. The van der Waals surface area contributed by atoms with E-state index in [9.17, 15) is 9.59 Å². The first kappa shape index (κ1) is 15.7. The van der Waals surface area contributed by atoms with E-state index in [2.05, 4.69) is 5.10 Å². The van der Waals surface area contributed by atoms with Crippen LogP contribution in [0.15, 0.2) is 29.1 Å². The van der Waals surface area contributed by atoms with Gasteiger partial charge in [-0.05, 0) is 25.8 Å². The van der Waals surface area contributed by atoms with Gasteiger partial charge in [0.05, 0.1) is 11.1 Å². The normalized spacial score (nSPS) is 15.7. The van der Waals surface area contributed by atoms with Crippen LogP contribution in [-0.2, 0) is 11.3 Å². The maximum absolute atomic E-state index is 12.5. The van der Waals surface area contributed by atoms with E-state index in [1.165, 1.54) is 23.9 Å². The second-order valence-electron chi connectivity index (χ2n) is 6.39. The fraction of sp³-hybridized carbons (Fsp3) is 0.500. The van der Waals surface area contributed by atoms with Crippen molar-refractivity contribution >= 4 is 16.7 Å². The lowest BCUT2D eigenvalue weighted by Gasteiger charge is -2.31. The number of carbonyl (C=O) groups is 1. The number of rotatable bonds is 3. The zero-order valence-electron chi connectivity index (χ0n) is 13.8. The van der Waals surface area contributed by atoms with E-state index in [0.29, 0.717) is 11.4 Å². The third-order valence-electron chi connectivity index (χ3n) is 4.85. The summed E-state index contributed by atoms with van der Waals surface area (Å²) in [6, 6.07) is 7.71. The fourth-order valence-corrected chi connectivity index (χ4v) is 3.42. The summed E-state index contributed by atoms with van der Waals surface area (Å²) < 4.78 is 1.30. The van der Waals surface area contributed by atoms with Crippen LogP contribution in [0, 0.1) is 6.92 Å². The van der Waals surface area contributed by atoms with E-state index in [-0.39, 0.29) is 18.0 Å². The number of hydrogen-bond acceptors (Lipinski definition) is 3. The van der Waals surface area contributed by atoms with Crippen LogP contribution >= 0.6 is 0 Å². The molecular weight excluding hydrogens is 290 g/mol. The topological polar surface area (TPSA) is 55.2 Å². The molecular formula is C18H23N3O2. The van der Waals surface area contributed by atoms with Crippen LogP contribution in [0.5, 0.6) is 0 Å². The van der Waals surface area contributed by atoms with Gasteiger partial charge in [-0.2, -0.15) is 5.10 Å². The number of nitrogens with zero attached hydrogens (tertiary/aromatic N) is 3. The Morgan fingerprint density at radius 2 is 1.87 bits per heavy atom. The Balaban J connectivity index is 1.85. The van der Waals surface area contributed by atoms with E-state index in [1.807, 2.05) is 32.2 Å². The van der Waals surface area contributed by atoms with Crippen LogP contribution in [0.2, 0.25) is 0 Å². The molecule has 1 amide bonds. The number of fused-ring (bicyclic) bond motifs is 1. The number of amides is 1. The molecule has 0 aliphatic heterocycles. The maximum Gasteiger partial charge on any atom is 0.275 e. The molecule has 3 rings (SSSR count). The highest BCUT2D eigenvalue weighted by Crippen LogP contribution is 2.21. The summed E-state index contributed by atoms with van der Waals surface area (Å²) in [7, 11) is 1.84. The van der Waals surface area contributed by atoms with Gasteiger partial charge < -0.3 is 4.90 Å². The molecule has 5 heteroatoms. The van der Waals surface area contributed by atoms with Crippen LogP contribution in [0.25, 0.3) is 10.8 Å². The number of likely N-dealkylation sites (N-methyl/N-ethyl adjacent to an activating group) is 1. The standard InChI is InChI=1S/C18H23N3O2/c1-13-15-10-6-7-11-16(15)18(23)21(19-13)12-17(22)20(2)14-8-4-3-5-9-14/h6-7,10-11,14H,3-5,8-9,12H2,1-2H3. The smallest absolute Gasteiger partial charge is 0.275 e. The molecule has 0 radical (unpaired) electrons. The lowest BCUT2D eigenvalue weighted by Crippen LogP contribution is -2.42. The minimum atomic E-state index is -0.198. The highest BCUT2D eigenvalue weighted by atomic mass is 16.2. The molecule has 1 aromatic heterocycles. The Hall–Kier alpha value is -2.17. The first-order chi connectivity index (χ1) is 11.1. The van der Waals surface area contributed by atoms with E-state index in [1.54, 1.807) is 11.0 Å². The lowest BCUT2D eigenvalue weighted by molar-refractivity contribution is -0.133. The van der Waals surface area contributed by atoms with Gasteiger partial charge in [0.2, 0.25) is 5.91 Å². The van der Waals surface area contributed by atoms with Gasteiger partial charge in [0.1, 0.15) is 6.54 Å². The van der Waals surface area contributed by atoms with Crippen LogP contribution in [0.1, 0.15) is 37.8 Å². The molecule has 1 heterocycles. The zero-order valence-corrected chi connectivity index (χ0v) is 13.8. The molecule has 0 N–H and O–H groups in total. The van der Waals surface area contributed by atoms with Gasteiger partial charge in [-0.25, -0.2) is 4.68 Å². The average molecular weight is 313 g/mol. The zero-order chi connectivity index (χ0) is 16.4. The molecule has 0 spiro atoms. The summed E-state index contributed by atoms with van der Waals surface area (Å²) in [6.07, 6.45) is 5.72. The summed E-state index contributed by atoms with van der Waals surface area (Å²) in [5.41, 5.74) is 0.574. The highest BCUT2D eigenvalue weighted by Gasteiger charge is 2.23. The first-order valence-electron chi connectivity index (χ1n) is 8.30. The Morgan fingerprint density at radius 1 is 1.22 bits per heavy atom. The molecule has 1 aromatic carbocycles. The summed E-state index contributed by atoms with van der Waals surface area (Å²) in [6.45, 7) is 1.88. The fourth-order valence-electron chi connectivity index (χ4n) is 3.42. The third-order valence-corrected chi connectivity index (χ3v) is 4.85. The highest BCUT2D eigenvalue weighted by molar-refractivity contribution is 5.83. The predicted octanol–water partition coefficient (Wildman–Crippen LogP) is 2.50. The van der Waals surface area contributed by atoms with E-state index < -0.39 is 0 Å². The summed E-state index contributed by atoms with van der Waals surface area (Å²) in [5.74, 6) is -0.0406. The summed E-state index contributed by atoms with van der Waals surface area (Å²) >= 11 is 0. The summed E-state index contributed by atoms with van der Waals surface area (Å²) in [5, 5.41) is 5.79.